The molecular weight excluding hydrogens is 3040 g/mol. The van der Waals surface area contributed by atoms with Crippen LogP contribution in [0, 0.1) is 0 Å². The largest absolute Gasteiger partial charge is 0.412 e. The van der Waals surface area contributed by atoms with Crippen LogP contribution in [0.25, 0.3) is 0 Å². The molecule has 0 aromatic carbocycles. The smallest absolute Gasteiger partial charge is 0 e. The summed E-state index contributed by atoms with van der Waals surface area (Å²) in [5.74, 6) is 0. The fourth-order valence-corrected chi connectivity index (χ4v) is 0. The van der Waals surface area contributed by atoms with E-state index < -0.39 is 0 Å². The van der Waals surface area contributed by atoms with Crippen LogP contribution in [-0.2, 0) is 250 Å². The van der Waals surface area contributed by atoms with Crippen molar-refractivity contribution in [1.29, 1.82) is 0 Å². The van der Waals surface area contributed by atoms with Crippen LogP contribution in [0.2, 0.25) is 0 Å². The molecule has 0 heterocycles. The van der Waals surface area contributed by atoms with Crippen molar-refractivity contribution in [1.82, 2.24) is 0 Å². The van der Waals surface area contributed by atoms with Gasteiger partial charge in [-0.25, -0.2) is 0 Å². The van der Waals surface area contributed by atoms with Crippen molar-refractivity contribution < 1.29 is 502 Å². The van der Waals surface area contributed by atoms with Crippen LogP contribution in [0.3, 0.4) is 0 Å². The summed E-state index contributed by atoms with van der Waals surface area (Å²) in [5, 5.41) is 0. The maximum Gasteiger partial charge on any atom is 0 e. The second kappa shape index (κ2) is 2070. The molecule has 452 valence electrons. The van der Waals surface area contributed by atoms with Crippen molar-refractivity contribution in [2.75, 3.05) is 0 Å². The van der Waals surface area contributed by atoms with Gasteiger partial charge in [0.25, 0.3) is 0 Å². The Labute approximate surface area is 750 Å². The van der Waals surface area contributed by atoms with Crippen LogP contribution in [0.4, 0.5) is 0 Å². The third kappa shape index (κ3) is 1990. The van der Waals surface area contributed by atoms with Crippen LogP contribution in [0.1, 0.15) is 0 Å². The average Bonchev–Trinajstić information content (AvgIpc) is 0. The maximum absolute atomic E-state index is 0. The van der Waals surface area contributed by atoms with Gasteiger partial charge in [0.05, 0.1) is 0 Å². The molecule has 64 heteroatoms. The van der Waals surface area contributed by atoms with Gasteiger partial charge in [-0.3, -0.25) is 0 Å². The molecule has 0 rings (SSSR count). The molecule has 1 atom stereocenters. The first-order chi connectivity index (χ1) is 0. The first-order valence-electron chi connectivity index (χ1n) is 0. The van der Waals surface area contributed by atoms with Crippen LogP contribution < -0.4 is 0 Å². The summed E-state index contributed by atoms with van der Waals surface area (Å²) < 4.78 is 0. The summed E-state index contributed by atoms with van der Waals surface area (Å²) in [6, 6.07) is 0. The Balaban J connectivity index is 0. The van der Waals surface area contributed by atoms with Gasteiger partial charge in [-0.1, -0.05) is 0 Å². The molecule has 0 bridgehead atoms. The van der Waals surface area contributed by atoms with E-state index in [-0.39, 0.29) is 769 Å². The molecule has 0 aliphatic rings. The maximum atomic E-state index is 0. The Hall–Kier alpha value is 14.9. The van der Waals surface area contributed by atoms with Crippen molar-refractivity contribution in [3.05, 3.63) is 0 Å². The summed E-state index contributed by atoms with van der Waals surface area (Å²) in [4.78, 5) is 0. The Morgan fingerprint density at radius 1 is 0.0781 bits per heavy atom. The third-order valence-electron chi connectivity index (χ3n) is 0. The minimum absolute atomic E-state index is 0. The normalized spacial score (nSPS) is 0. The van der Waals surface area contributed by atoms with Crippen LogP contribution >= 0.6 is 9.90 Å². The van der Waals surface area contributed by atoms with Gasteiger partial charge in [-0.05, 0) is 0 Å². The van der Waals surface area contributed by atoms with Gasteiger partial charge in [0.1, 0.15) is 0 Å². The molecule has 0 spiro atoms. The molecule has 6 radical (unpaired) electrons. The molecule has 64 heavy (non-hydrogen) atoms. The number of hydrogen-bond donors (Lipinski definition) is 0. The van der Waals surface area contributed by atoms with Gasteiger partial charge in [0.15, 0.2) is 0 Å². The SMILES string of the molecule is O.O.O.O.O.O.O.O.O.O.O.O.O.O.O.O.O.O.O.O.O.O.O.O.O.O.O.O.O.O.O.O.O.O.O.O.O.O.O.O.O.O.O.O.O.O.P.[K].[K].[K].[K].[K].[V].[W].[W].[W].[W].[W].[W].[W].[W].[W].[W].[W]. The van der Waals surface area contributed by atoms with Crippen molar-refractivity contribution in [2.24, 2.45) is 0 Å². The van der Waals surface area contributed by atoms with Crippen LogP contribution in [0.5, 0.6) is 0 Å². The topological polar surface area (TPSA) is 1450 Å². The molecule has 1 unspecified atom stereocenters. The van der Waals surface area contributed by atoms with Crippen molar-refractivity contribution in [3.63, 3.8) is 0 Å². The zero-order valence-electron chi connectivity index (χ0n) is 33.6. The third-order valence-corrected chi connectivity index (χ3v) is 0. The van der Waals surface area contributed by atoms with E-state index in [2.05, 4.69) is 0 Å². The van der Waals surface area contributed by atoms with Gasteiger partial charge in [-0.15, -0.1) is 0 Å². The van der Waals surface area contributed by atoms with E-state index in [4.69, 9.17) is 0 Å². The molecule has 0 aromatic heterocycles. The molecule has 0 amide bonds. The zero-order valence-corrected chi connectivity index (χ0v) is 84.3. The summed E-state index contributed by atoms with van der Waals surface area (Å²) in [6.07, 6.45) is 0. The molecule has 0 aromatic rings. The van der Waals surface area contributed by atoms with E-state index in [0.717, 1.165) is 0 Å². The fourth-order valence-electron chi connectivity index (χ4n) is 0. The summed E-state index contributed by atoms with van der Waals surface area (Å²) in [5.41, 5.74) is 0. The Kier molecular flexibility index (Phi) is 69600. The number of hydrogen-bond acceptors (Lipinski definition) is 0. The molecular formula is H95K5O46PVW11. The average molecular weight is 3130 g/mol. The first-order valence-corrected chi connectivity index (χ1v) is 0. The van der Waals surface area contributed by atoms with Crippen molar-refractivity contribution in [3.8, 4) is 0 Å². The van der Waals surface area contributed by atoms with E-state index in [0.29, 0.717) is 0 Å². The van der Waals surface area contributed by atoms with E-state index in [1.54, 1.807) is 0 Å². The monoisotopic (exact) mass is 3130 g/mol. The number of rotatable bonds is 0. The van der Waals surface area contributed by atoms with E-state index in [1.165, 1.54) is 0 Å². The minimum Gasteiger partial charge on any atom is -0.412 e. The molecule has 92 N–H and O–H groups in total. The quantitative estimate of drug-likeness (QED) is 0.161. The standard InChI is InChI=1S/5K.46H2O.H3P.V.11W/h;;;;;46*1H2;1H3;;;;;;;;;;;;. The minimum atomic E-state index is 0. The van der Waals surface area contributed by atoms with Crippen molar-refractivity contribution in [2.45, 2.75) is 0 Å². The molecule has 0 saturated carbocycles. The first kappa shape index (κ1) is 2150. The van der Waals surface area contributed by atoms with E-state index in [1.807, 2.05) is 0 Å². The fraction of sp³-hybridized carbons (Fsp3) is 0. The van der Waals surface area contributed by atoms with Crippen molar-refractivity contribution >= 4 is 267 Å². The molecule has 0 saturated heterocycles. The Morgan fingerprint density at radius 3 is 0.0781 bits per heavy atom. The van der Waals surface area contributed by atoms with Gasteiger partial charge in [-0.2, -0.15) is 9.90 Å². The Bertz CT molecular complexity index is 80.3. The molecule has 0 aliphatic heterocycles. The summed E-state index contributed by atoms with van der Waals surface area (Å²) >= 11 is 0. The molecule has 0 aliphatic carbocycles. The second-order valence-corrected chi connectivity index (χ2v) is 0. The van der Waals surface area contributed by atoms with Crippen LogP contribution in [-0.4, -0.2) is 509 Å². The van der Waals surface area contributed by atoms with E-state index >= 15 is 0 Å². The predicted octanol–water partition coefficient (Wildman–Crippen LogP) is -39.8. The summed E-state index contributed by atoms with van der Waals surface area (Å²) in [7, 11) is 0. The Morgan fingerprint density at radius 2 is 0.0781 bits per heavy atom. The summed E-state index contributed by atoms with van der Waals surface area (Å²) in [6.45, 7) is 0. The van der Waals surface area contributed by atoms with Gasteiger partial charge in [0, 0.05) is 507 Å². The zero-order chi connectivity index (χ0) is 0. The van der Waals surface area contributed by atoms with E-state index in [9.17, 15) is 0 Å². The second-order valence-electron chi connectivity index (χ2n) is 0. The van der Waals surface area contributed by atoms with Gasteiger partial charge >= 0.3 is 0 Å². The molecule has 0 fully saturated rings. The van der Waals surface area contributed by atoms with Gasteiger partial charge < -0.3 is 252 Å². The van der Waals surface area contributed by atoms with Crippen LogP contribution in [0.15, 0.2) is 0 Å². The molecule has 46 nitrogen and oxygen atoms in total. The van der Waals surface area contributed by atoms with Gasteiger partial charge in [0.2, 0.25) is 0 Å². The predicted molar refractivity (Wildman–Crippen MR) is 206 cm³/mol.